The maximum Gasteiger partial charge on any atom is 0.239 e. The van der Waals surface area contributed by atoms with Gasteiger partial charge < -0.3 is 5.32 Å². The van der Waals surface area contributed by atoms with E-state index >= 15 is 0 Å². The third-order valence-corrected chi connectivity index (χ3v) is 4.92. The third kappa shape index (κ3) is 3.19. The molecular formula is C18H19BrN4O. The first-order valence-corrected chi connectivity index (χ1v) is 8.79. The Balaban J connectivity index is 2.05. The molecule has 0 aliphatic heterocycles. The number of alkyl halides is 1. The van der Waals surface area contributed by atoms with Crippen LogP contribution in [0.25, 0.3) is 16.7 Å². The van der Waals surface area contributed by atoms with Gasteiger partial charge in [-0.3, -0.25) is 4.79 Å². The number of anilines is 1. The maximum absolute atomic E-state index is 12.2. The molecule has 0 saturated carbocycles. The summed E-state index contributed by atoms with van der Waals surface area (Å²) in [5, 5.41) is 8.53. The summed E-state index contributed by atoms with van der Waals surface area (Å²) in [7, 11) is 0. The van der Waals surface area contributed by atoms with E-state index in [9.17, 15) is 4.79 Å². The van der Waals surface area contributed by atoms with Gasteiger partial charge in [0, 0.05) is 11.5 Å². The second-order valence-electron chi connectivity index (χ2n) is 5.76. The lowest BCUT2D eigenvalue weighted by molar-refractivity contribution is -0.115. The van der Waals surface area contributed by atoms with Crippen molar-refractivity contribution >= 4 is 38.6 Å². The van der Waals surface area contributed by atoms with Gasteiger partial charge in [0.15, 0.2) is 5.82 Å². The van der Waals surface area contributed by atoms with E-state index in [4.69, 9.17) is 4.98 Å². The molecule has 3 rings (SSSR count). The lowest BCUT2D eigenvalue weighted by atomic mass is 10.1. The second-order valence-corrected chi connectivity index (χ2v) is 6.87. The smallest absolute Gasteiger partial charge is 0.239 e. The molecule has 1 N–H and O–H groups in total. The van der Waals surface area contributed by atoms with Crippen LogP contribution in [0.1, 0.15) is 24.6 Å². The van der Waals surface area contributed by atoms with Crippen molar-refractivity contribution in [2.75, 3.05) is 5.32 Å². The Morgan fingerprint density at radius 2 is 2.04 bits per heavy atom. The molecule has 1 amide bonds. The number of hydrogen-bond donors (Lipinski definition) is 1. The highest BCUT2D eigenvalue weighted by Crippen LogP contribution is 2.22. The summed E-state index contributed by atoms with van der Waals surface area (Å²) in [5.41, 5.74) is 2.85. The Labute approximate surface area is 149 Å². The van der Waals surface area contributed by atoms with Crippen LogP contribution in [0.15, 0.2) is 36.4 Å². The van der Waals surface area contributed by atoms with E-state index in [0.717, 1.165) is 22.2 Å². The molecule has 0 spiro atoms. The van der Waals surface area contributed by atoms with Crippen molar-refractivity contribution in [3.63, 3.8) is 0 Å². The molecular weight excluding hydrogens is 368 g/mol. The standard InChI is InChI=1S/C18H19BrN4O/c1-4-14(19)18(24)21-17-10-12(3)22-23(17)16-9-11(2)13-7-5-6-8-15(13)20-16/h5-10,14H,4H2,1-3H3,(H,21,24). The largest absolute Gasteiger partial charge is 0.310 e. The molecule has 3 aromatic rings. The molecule has 24 heavy (non-hydrogen) atoms. The SMILES string of the molecule is CCC(Br)C(=O)Nc1cc(C)nn1-c1cc(C)c2ccccc2n1. The number of rotatable bonds is 4. The van der Waals surface area contributed by atoms with Gasteiger partial charge in [0.05, 0.1) is 16.0 Å². The third-order valence-electron chi connectivity index (χ3n) is 3.85. The zero-order valence-electron chi connectivity index (χ0n) is 13.9. The number of carbonyl (C=O) groups excluding carboxylic acids is 1. The van der Waals surface area contributed by atoms with Gasteiger partial charge in [-0.05, 0) is 38.0 Å². The van der Waals surface area contributed by atoms with Crippen LogP contribution in [0.3, 0.4) is 0 Å². The van der Waals surface area contributed by atoms with Gasteiger partial charge in [0.2, 0.25) is 5.91 Å². The average Bonchev–Trinajstić information content (AvgIpc) is 2.94. The second kappa shape index (κ2) is 6.73. The number of amides is 1. The highest BCUT2D eigenvalue weighted by molar-refractivity contribution is 9.10. The summed E-state index contributed by atoms with van der Waals surface area (Å²) >= 11 is 3.37. The number of aryl methyl sites for hydroxylation is 2. The van der Waals surface area contributed by atoms with Crippen LogP contribution in [0, 0.1) is 13.8 Å². The molecule has 5 nitrogen and oxygen atoms in total. The molecule has 2 heterocycles. The van der Waals surface area contributed by atoms with Gasteiger partial charge >= 0.3 is 0 Å². The Morgan fingerprint density at radius 1 is 1.29 bits per heavy atom. The average molecular weight is 387 g/mol. The van der Waals surface area contributed by atoms with E-state index in [1.807, 2.05) is 51.1 Å². The minimum atomic E-state index is -0.229. The number of halogens is 1. The number of para-hydroxylation sites is 1. The molecule has 1 unspecified atom stereocenters. The molecule has 1 atom stereocenters. The van der Waals surface area contributed by atoms with Crippen molar-refractivity contribution in [1.29, 1.82) is 0 Å². The molecule has 0 aliphatic carbocycles. The van der Waals surface area contributed by atoms with Crippen molar-refractivity contribution in [2.24, 2.45) is 0 Å². The normalized spacial score (nSPS) is 12.3. The molecule has 6 heteroatoms. The molecule has 2 aromatic heterocycles. The van der Waals surface area contributed by atoms with Crippen LogP contribution in [-0.2, 0) is 4.79 Å². The molecule has 1 aromatic carbocycles. The summed E-state index contributed by atoms with van der Waals surface area (Å²) in [6.07, 6.45) is 0.715. The fourth-order valence-electron chi connectivity index (χ4n) is 2.59. The van der Waals surface area contributed by atoms with Crippen LogP contribution >= 0.6 is 15.9 Å². The van der Waals surface area contributed by atoms with E-state index in [1.54, 1.807) is 4.68 Å². The van der Waals surface area contributed by atoms with Gasteiger partial charge in [-0.1, -0.05) is 41.1 Å². The number of nitrogens with one attached hydrogen (secondary N) is 1. The quantitative estimate of drug-likeness (QED) is 0.685. The summed E-state index contributed by atoms with van der Waals surface area (Å²) in [6.45, 7) is 5.90. The number of carbonyl (C=O) groups is 1. The van der Waals surface area contributed by atoms with Crippen LogP contribution in [0.2, 0.25) is 0 Å². The van der Waals surface area contributed by atoms with E-state index in [1.165, 1.54) is 0 Å². The Bertz CT molecular complexity index is 903. The van der Waals surface area contributed by atoms with Gasteiger partial charge in [0.25, 0.3) is 0 Å². The first kappa shape index (κ1) is 16.6. The highest BCUT2D eigenvalue weighted by atomic mass is 79.9. The van der Waals surface area contributed by atoms with Crippen LogP contribution < -0.4 is 5.32 Å². The topological polar surface area (TPSA) is 59.8 Å². The predicted molar refractivity (Wildman–Crippen MR) is 100.0 cm³/mol. The maximum atomic E-state index is 12.2. The van der Waals surface area contributed by atoms with E-state index in [2.05, 4.69) is 32.4 Å². The Morgan fingerprint density at radius 3 is 2.79 bits per heavy atom. The van der Waals surface area contributed by atoms with Gasteiger partial charge in [-0.25, -0.2) is 4.98 Å². The lowest BCUT2D eigenvalue weighted by Crippen LogP contribution is -2.23. The van der Waals surface area contributed by atoms with E-state index < -0.39 is 0 Å². The van der Waals surface area contributed by atoms with Crippen LogP contribution in [-0.4, -0.2) is 25.5 Å². The van der Waals surface area contributed by atoms with E-state index in [0.29, 0.717) is 18.1 Å². The van der Waals surface area contributed by atoms with Gasteiger partial charge in [-0.2, -0.15) is 9.78 Å². The van der Waals surface area contributed by atoms with Crippen molar-refractivity contribution < 1.29 is 4.79 Å². The zero-order chi connectivity index (χ0) is 17.3. The zero-order valence-corrected chi connectivity index (χ0v) is 15.5. The fraction of sp³-hybridized carbons (Fsp3) is 0.278. The number of benzene rings is 1. The van der Waals surface area contributed by atoms with Crippen molar-refractivity contribution in [1.82, 2.24) is 14.8 Å². The molecule has 124 valence electrons. The van der Waals surface area contributed by atoms with Gasteiger partial charge in [-0.15, -0.1) is 0 Å². The monoisotopic (exact) mass is 386 g/mol. The molecule has 0 saturated heterocycles. The summed E-state index contributed by atoms with van der Waals surface area (Å²) in [4.78, 5) is 16.7. The van der Waals surface area contributed by atoms with Crippen molar-refractivity contribution in [3.8, 4) is 5.82 Å². The van der Waals surface area contributed by atoms with Crippen molar-refractivity contribution in [3.05, 3.63) is 47.7 Å². The van der Waals surface area contributed by atoms with Crippen LogP contribution in [0.4, 0.5) is 5.82 Å². The molecule has 0 bridgehead atoms. The molecule has 0 radical (unpaired) electrons. The minimum Gasteiger partial charge on any atom is -0.310 e. The summed E-state index contributed by atoms with van der Waals surface area (Å²) < 4.78 is 1.68. The minimum absolute atomic E-state index is 0.0869. The van der Waals surface area contributed by atoms with E-state index in [-0.39, 0.29) is 10.7 Å². The highest BCUT2D eigenvalue weighted by Gasteiger charge is 2.17. The number of nitrogens with zero attached hydrogens (tertiary/aromatic N) is 3. The number of fused-ring (bicyclic) bond motifs is 1. The molecule has 0 aliphatic rings. The first-order chi connectivity index (χ1) is 11.5. The van der Waals surface area contributed by atoms with Gasteiger partial charge in [0.1, 0.15) is 5.82 Å². The first-order valence-electron chi connectivity index (χ1n) is 7.88. The van der Waals surface area contributed by atoms with Crippen molar-refractivity contribution in [2.45, 2.75) is 32.0 Å². The lowest BCUT2D eigenvalue weighted by Gasteiger charge is -2.12. The molecule has 0 fully saturated rings. The fourth-order valence-corrected chi connectivity index (χ4v) is 2.71. The van der Waals surface area contributed by atoms with Crippen LogP contribution in [0.5, 0.6) is 0 Å². The summed E-state index contributed by atoms with van der Waals surface area (Å²) in [6, 6.07) is 11.8. The Kier molecular flexibility index (Phi) is 4.66. The number of aromatic nitrogens is 3. The summed E-state index contributed by atoms with van der Waals surface area (Å²) in [5.74, 6) is 1.23. The number of hydrogen-bond acceptors (Lipinski definition) is 3. The Hall–Kier alpha value is -2.21. The number of pyridine rings is 1. The predicted octanol–water partition coefficient (Wildman–Crippen LogP) is 4.15.